The SMILES string of the molecule is Cc1c(C(C)NCC2(C(N)=O)CCOCC2)cnn1-c1ccc(F)cc1. The predicted octanol–water partition coefficient (Wildman–Crippen LogP) is 2.25. The van der Waals surface area contributed by atoms with Gasteiger partial charge in [0, 0.05) is 37.1 Å². The number of hydrogen-bond donors (Lipinski definition) is 2. The molecule has 0 bridgehead atoms. The van der Waals surface area contributed by atoms with Crippen molar-refractivity contribution in [1.82, 2.24) is 15.1 Å². The molecular weight excluding hydrogens is 335 g/mol. The Labute approximate surface area is 152 Å². The van der Waals surface area contributed by atoms with Crippen LogP contribution in [0, 0.1) is 18.2 Å². The van der Waals surface area contributed by atoms with Crippen LogP contribution >= 0.6 is 0 Å². The van der Waals surface area contributed by atoms with Crippen molar-refractivity contribution in [3.05, 3.63) is 47.5 Å². The zero-order chi connectivity index (χ0) is 18.7. The highest BCUT2D eigenvalue weighted by Crippen LogP contribution is 2.30. The molecule has 0 saturated carbocycles. The molecular formula is C19H25FN4O2. The first-order chi connectivity index (χ1) is 12.4. The number of carbonyl (C=O) groups excluding carboxylic acids is 1. The fraction of sp³-hybridized carbons (Fsp3) is 0.474. The second-order valence-electron chi connectivity index (χ2n) is 6.93. The monoisotopic (exact) mass is 360 g/mol. The molecule has 2 heterocycles. The van der Waals surface area contributed by atoms with Crippen LogP contribution in [0.2, 0.25) is 0 Å². The van der Waals surface area contributed by atoms with Gasteiger partial charge in [0.15, 0.2) is 0 Å². The van der Waals surface area contributed by atoms with Crippen molar-refractivity contribution in [3.8, 4) is 5.69 Å². The van der Waals surface area contributed by atoms with Crippen LogP contribution in [0.4, 0.5) is 4.39 Å². The maximum Gasteiger partial charge on any atom is 0.225 e. The van der Waals surface area contributed by atoms with Gasteiger partial charge < -0.3 is 15.8 Å². The van der Waals surface area contributed by atoms with Crippen molar-refractivity contribution in [2.24, 2.45) is 11.1 Å². The average molecular weight is 360 g/mol. The fourth-order valence-corrected chi connectivity index (χ4v) is 3.42. The molecule has 140 valence electrons. The maximum atomic E-state index is 13.1. The predicted molar refractivity (Wildman–Crippen MR) is 96.4 cm³/mol. The van der Waals surface area contributed by atoms with Crippen molar-refractivity contribution in [2.75, 3.05) is 19.8 Å². The van der Waals surface area contributed by atoms with Gasteiger partial charge in [-0.25, -0.2) is 9.07 Å². The molecule has 1 aliphatic rings. The van der Waals surface area contributed by atoms with Crippen molar-refractivity contribution >= 4 is 5.91 Å². The van der Waals surface area contributed by atoms with E-state index in [0.717, 1.165) is 16.9 Å². The third kappa shape index (κ3) is 3.64. The first-order valence-corrected chi connectivity index (χ1v) is 8.84. The van der Waals surface area contributed by atoms with E-state index < -0.39 is 5.41 Å². The number of benzene rings is 1. The lowest BCUT2D eigenvalue weighted by Gasteiger charge is -2.35. The summed E-state index contributed by atoms with van der Waals surface area (Å²) in [6.07, 6.45) is 3.07. The van der Waals surface area contributed by atoms with Gasteiger partial charge in [-0.1, -0.05) is 0 Å². The lowest BCUT2D eigenvalue weighted by molar-refractivity contribution is -0.133. The first-order valence-electron chi connectivity index (χ1n) is 8.84. The van der Waals surface area contributed by atoms with Crippen LogP contribution in [0.25, 0.3) is 5.69 Å². The van der Waals surface area contributed by atoms with E-state index in [4.69, 9.17) is 10.5 Å². The largest absolute Gasteiger partial charge is 0.381 e. The second-order valence-corrected chi connectivity index (χ2v) is 6.93. The summed E-state index contributed by atoms with van der Waals surface area (Å²) in [6, 6.07) is 6.23. The molecule has 0 radical (unpaired) electrons. The molecule has 1 atom stereocenters. The van der Waals surface area contributed by atoms with E-state index in [0.29, 0.717) is 32.6 Å². The number of nitrogens with two attached hydrogens (primary N) is 1. The van der Waals surface area contributed by atoms with Crippen molar-refractivity contribution in [1.29, 1.82) is 0 Å². The van der Waals surface area contributed by atoms with Crippen LogP contribution in [0.15, 0.2) is 30.5 Å². The Bertz CT molecular complexity index is 766. The fourth-order valence-electron chi connectivity index (χ4n) is 3.42. The van der Waals surface area contributed by atoms with Crippen LogP contribution in [-0.4, -0.2) is 35.4 Å². The zero-order valence-corrected chi connectivity index (χ0v) is 15.2. The Balaban J connectivity index is 1.73. The van der Waals surface area contributed by atoms with Crippen LogP contribution in [0.5, 0.6) is 0 Å². The van der Waals surface area contributed by atoms with Crippen molar-refractivity contribution < 1.29 is 13.9 Å². The van der Waals surface area contributed by atoms with Crippen LogP contribution in [0.3, 0.4) is 0 Å². The van der Waals surface area contributed by atoms with Gasteiger partial charge in [0.1, 0.15) is 5.82 Å². The third-order valence-corrected chi connectivity index (χ3v) is 5.30. The molecule has 1 fully saturated rings. The highest BCUT2D eigenvalue weighted by molar-refractivity contribution is 5.81. The molecule has 1 saturated heterocycles. The number of halogens is 1. The van der Waals surface area contributed by atoms with E-state index in [9.17, 15) is 9.18 Å². The Morgan fingerprint density at radius 2 is 2.04 bits per heavy atom. The molecule has 0 aliphatic carbocycles. The number of amides is 1. The maximum absolute atomic E-state index is 13.1. The Hall–Kier alpha value is -2.25. The summed E-state index contributed by atoms with van der Waals surface area (Å²) < 4.78 is 20.3. The molecule has 1 unspecified atom stereocenters. The molecule has 3 N–H and O–H groups in total. The highest BCUT2D eigenvalue weighted by Gasteiger charge is 2.38. The quantitative estimate of drug-likeness (QED) is 0.828. The van der Waals surface area contributed by atoms with E-state index in [1.807, 2.05) is 13.8 Å². The molecule has 1 aromatic heterocycles. The standard InChI is InChI=1S/C19H25FN4O2/c1-13(22-12-19(18(21)25)7-9-26-10-8-19)17-11-23-24(14(17)2)16-5-3-15(20)4-6-16/h3-6,11,13,22H,7-10,12H2,1-2H3,(H2,21,25). The molecule has 1 amide bonds. The van der Waals surface area contributed by atoms with E-state index in [-0.39, 0.29) is 17.8 Å². The van der Waals surface area contributed by atoms with Gasteiger partial charge in [0.2, 0.25) is 5.91 Å². The number of nitrogens with zero attached hydrogens (tertiary/aromatic N) is 2. The molecule has 0 spiro atoms. The van der Waals surface area contributed by atoms with E-state index in [1.54, 1.807) is 23.0 Å². The Morgan fingerprint density at radius 1 is 1.38 bits per heavy atom. The third-order valence-electron chi connectivity index (χ3n) is 5.30. The zero-order valence-electron chi connectivity index (χ0n) is 15.2. The number of hydrogen-bond acceptors (Lipinski definition) is 4. The van der Waals surface area contributed by atoms with E-state index >= 15 is 0 Å². The van der Waals surface area contributed by atoms with Crippen LogP contribution in [-0.2, 0) is 9.53 Å². The summed E-state index contributed by atoms with van der Waals surface area (Å²) >= 11 is 0. The molecule has 1 aromatic carbocycles. The smallest absolute Gasteiger partial charge is 0.225 e. The van der Waals surface area contributed by atoms with E-state index in [2.05, 4.69) is 10.4 Å². The van der Waals surface area contributed by atoms with Crippen molar-refractivity contribution in [2.45, 2.75) is 32.7 Å². The van der Waals surface area contributed by atoms with Gasteiger partial charge in [-0.05, 0) is 51.0 Å². The van der Waals surface area contributed by atoms with Crippen molar-refractivity contribution in [3.63, 3.8) is 0 Å². The lowest BCUT2D eigenvalue weighted by atomic mass is 9.79. The average Bonchev–Trinajstić information content (AvgIpc) is 3.02. The number of rotatable bonds is 6. The summed E-state index contributed by atoms with van der Waals surface area (Å²) in [7, 11) is 0. The minimum Gasteiger partial charge on any atom is -0.381 e. The molecule has 1 aliphatic heterocycles. The number of nitrogens with one attached hydrogen (secondary N) is 1. The summed E-state index contributed by atoms with van der Waals surface area (Å²) in [5.74, 6) is -0.554. The first kappa shape index (κ1) is 18.5. The topological polar surface area (TPSA) is 82.2 Å². The second kappa shape index (κ2) is 7.55. The summed E-state index contributed by atoms with van der Waals surface area (Å²) in [6.45, 7) is 5.63. The van der Waals surface area contributed by atoms with Crippen LogP contribution < -0.4 is 11.1 Å². The summed E-state index contributed by atoms with van der Waals surface area (Å²) in [5.41, 5.74) is 7.91. The van der Waals surface area contributed by atoms with Gasteiger partial charge in [-0.3, -0.25) is 4.79 Å². The minimum atomic E-state index is -0.562. The van der Waals surface area contributed by atoms with Gasteiger partial charge in [0.25, 0.3) is 0 Å². The molecule has 3 rings (SSSR count). The minimum absolute atomic E-state index is 0.00303. The normalized spacial score (nSPS) is 17.8. The van der Waals surface area contributed by atoms with E-state index in [1.165, 1.54) is 12.1 Å². The Kier molecular flexibility index (Phi) is 5.38. The van der Waals surface area contributed by atoms with Gasteiger partial charge in [0.05, 0.1) is 17.3 Å². The van der Waals surface area contributed by atoms with Gasteiger partial charge in [-0.15, -0.1) is 0 Å². The number of aromatic nitrogens is 2. The molecule has 2 aromatic rings. The van der Waals surface area contributed by atoms with Gasteiger partial charge >= 0.3 is 0 Å². The lowest BCUT2D eigenvalue weighted by Crippen LogP contribution is -2.48. The number of primary amides is 1. The molecule has 26 heavy (non-hydrogen) atoms. The highest BCUT2D eigenvalue weighted by atomic mass is 19.1. The number of ether oxygens (including phenoxy) is 1. The molecule has 7 heteroatoms. The number of carbonyl (C=O) groups is 1. The summed E-state index contributed by atoms with van der Waals surface area (Å²) in [5, 5.41) is 7.86. The molecule has 6 nitrogen and oxygen atoms in total. The van der Waals surface area contributed by atoms with Crippen LogP contribution in [0.1, 0.15) is 37.1 Å². The van der Waals surface area contributed by atoms with Gasteiger partial charge in [-0.2, -0.15) is 5.10 Å². The Morgan fingerprint density at radius 3 is 2.65 bits per heavy atom. The summed E-state index contributed by atoms with van der Waals surface area (Å²) in [4.78, 5) is 12.0.